The molecule has 1 aliphatic rings. The summed E-state index contributed by atoms with van der Waals surface area (Å²) in [5.41, 5.74) is -0.0764. The first-order valence-corrected chi connectivity index (χ1v) is 3.71. The average molecular weight is 144 g/mol. The van der Waals surface area contributed by atoms with Gasteiger partial charge in [0.2, 0.25) is 0 Å². The number of nitrogens with one attached hydrogen (secondary N) is 1. The van der Waals surface area contributed by atoms with E-state index >= 15 is 0 Å². The van der Waals surface area contributed by atoms with Gasteiger partial charge in [-0.15, -0.1) is 0 Å². The van der Waals surface area contributed by atoms with E-state index in [2.05, 4.69) is 17.3 Å². The Morgan fingerprint density at radius 2 is 2.40 bits per heavy atom. The lowest BCUT2D eigenvalue weighted by Gasteiger charge is -2.38. The Balaban J connectivity index is 2.45. The predicted molar refractivity (Wildman–Crippen MR) is 41.0 cm³/mol. The number of likely N-dealkylation sites (N-methyl/N-ethyl adjacent to an activating group) is 1. The molecule has 3 heteroatoms. The highest BCUT2D eigenvalue weighted by atomic mass is 16.3. The van der Waals surface area contributed by atoms with Crippen LogP contribution in [0.3, 0.4) is 0 Å². The SMILES string of the molecule is CN1CCN[C@](C)(CO)C1. The molecule has 0 unspecified atom stereocenters. The zero-order valence-corrected chi connectivity index (χ0v) is 6.72. The second kappa shape index (κ2) is 2.86. The fourth-order valence-electron chi connectivity index (χ4n) is 1.39. The highest BCUT2D eigenvalue weighted by molar-refractivity contribution is 4.88. The van der Waals surface area contributed by atoms with Crippen LogP contribution in [0, 0.1) is 0 Å². The lowest BCUT2D eigenvalue weighted by molar-refractivity contribution is 0.102. The number of aliphatic hydroxyl groups is 1. The van der Waals surface area contributed by atoms with Crippen molar-refractivity contribution >= 4 is 0 Å². The number of rotatable bonds is 1. The summed E-state index contributed by atoms with van der Waals surface area (Å²) in [5, 5.41) is 12.3. The molecule has 0 aromatic heterocycles. The Labute approximate surface area is 62.0 Å². The lowest BCUT2D eigenvalue weighted by atomic mass is 10.0. The number of aliphatic hydroxyl groups excluding tert-OH is 1. The highest BCUT2D eigenvalue weighted by Gasteiger charge is 2.27. The van der Waals surface area contributed by atoms with E-state index in [0.29, 0.717) is 0 Å². The van der Waals surface area contributed by atoms with Gasteiger partial charge in [0.1, 0.15) is 0 Å². The monoisotopic (exact) mass is 144 g/mol. The van der Waals surface area contributed by atoms with Crippen molar-refractivity contribution in [1.29, 1.82) is 0 Å². The fourth-order valence-corrected chi connectivity index (χ4v) is 1.39. The maximum absolute atomic E-state index is 8.98. The molecule has 3 nitrogen and oxygen atoms in total. The van der Waals surface area contributed by atoms with E-state index in [1.165, 1.54) is 0 Å². The minimum atomic E-state index is -0.0764. The molecular formula is C7H16N2O. The van der Waals surface area contributed by atoms with E-state index in [1.807, 2.05) is 6.92 Å². The Kier molecular flexibility index (Phi) is 2.28. The quantitative estimate of drug-likeness (QED) is 0.509. The van der Waals surface area contributed by atoms with E-state index in [1.54, 1.807) is 0 Å². The van der Waals surface area contributed by atoms with E-state index in [0.717, 1.165) is 19.6 Å². The Morgan fingerprint density at radius 3 is 2.80 bits per heavy atom. The van der Waals surface area contributed by atoms with Crippen molar-refractivity contribution in [3.05, 3.63) is 0 Å². The summed E-state index contributed by atoms with van der Waals surface area (Å²) in [6.07, 6.45) is 0. The summed E-state index contributed by atoms with van der Waals surface area (Å²) in [6.45, 7) is 5.26. The second-order valence-corrected chi connectivity index (χ2v) is 3.38. The van der Waals surface area contributed by atoms with E-state index < -0.39 is 0 Å². The molecule has 10 heavy (non-hydrogen) atoms. The van der Waals surface area contributed by atoms with Gasteiger partial charge in [-0.05, 0) is 14.0 Å². The first kappa shape index (κ1) is 7.98. The fraction of sp³-hybridized carbons (Fsp3) is 1.00. The topological polar surface area (TPSA) is 35.5 Å². The molecule has 0 saturated carbocycles. The molecule has 1 saturated heterocycles. The van der Waals surface area contributed by atoms with Crippen molar-refractivity contribution in [2.75, 3.05) is 33.3 Å². The van der Waals surface area contributed by atoms with Crippen LogP contribution in [0.5, 0.6) is 0 Å². The molecule has 60 valence electrons. The molecule has 0 aromatic rings. The van der Waals surface area contributed by atoms with Crippen LogP contribution in [0.25, 0.3) is 0 Å². The highest BCUT2D eigenvalue weighted by Crippen LogP contribution is 2.07. The minimum absolute atomic E-state index is 0.0764. The predicted octanol–water partition coefficient (Wildman–Crippen LogP) is -0.728. The first-order chi connectivity index (χ1) is 4.66. The van der Waals surface area contributed by atoms with Crippen LogP contribution in [0.4, 0.5) is 0 Å². The molecule has 1 heterocycles. The third-order valence-corrected chi connectivity index (χ3v) is 2.01. The molecule has 1 fully saturated rings. The van der Waals surface area contributed by atoms with Gasteiger partial charge >= 0.3 is 0 Å². The van der Waals surface area contributed by atoms with Crippen molar-refractivity contribution in [3.63, 3.8) is 0 Å². The van der Waals surface area contributed by atoms with Crippen molar-refractivity contribution in [2.24, 2.45) is 0 Å². The summed E-state index contributed by atoms with van der Waals surface area (Å²) in [4.78, 5) is 2.23. The molecule has 0 amide bonds. The third kappa shape index (κ3) is 1.68. The van der Waals surface area contributed by atoms with Crippen molar-refractivity contribution in [3.8, 4) is 0 Å². The van der Waals surface area contributed by atoms with Crippen molar-refractivity contribution < 1.29 is 5.11 Å². The van der Waals surface area contributed by atoms with E-state index in [-0.39, 0.29) is 12.1 Å². The van der Waals surface area contributed by atoms with Crippen LogP contribution in [0.2, 0.25) is 0 Å². The number of hydrogen-bond acceptors (Lipinski definition) is 3. The van der Waals surface area contributed by atoms with Crippen LogP contribution in [-0.4, -0.2) is 48.8 Å². The van der Waals surface area contributed by atoms with E-state index in [4.69, 9.17) is 5.11 Å². The normalized spacial score (nSPS) is 36.3. The first-order valence-electron chi connectivity index (χ1n) is 3.71. The minimum Gasteiger partial charge on any atom is -0.394 e. The summed E-state index contributed by atoms with van der Waals surface area (Å²) >= 11 is 0. The molecule has 1 rings (SSSR count). The Bertz CT molecular complexity index is 118. The van der Waals surface area contributed by atoms with E-state index in [9.17, 15) is 0 Å². The molecule has 0 radical (unpaired) electrons. The summed E-state index contributed by atoms with van der Waals surface area (Å²) in [6, 6.07) is 0. The molecular weight excluding hydrogens is 128 g/mol. The molecule has 0 bridgehead atoms. The molecule has 1 atom stereocenters. The summed E-state index contributed by atoms with van der Waals surface area (Å²) < 4.78 is 0. The summed E-state index contributed by atoms with van der Waals surface area (Å²) in [5.74, 6) is 0. The molecule has 1 aliphatic heterocycles. The molecule has 0 aliphatic carbocycles. The van der Waals surface area contributed by atoms with Gasteiger partial charge in [0.25, 0.3) is 0 Å². The molecule has 0 spiro atoms. The lowest BCUT2D eigenvalue weighted by Crippen LogP contribution is -2.59. The third-order valence-electron chi connectivity index (χ3n) is 2.01. The Morgan fingerprint density at radius 1 is 1.70 bits per heavy atom. The van der Waals surface area contributed by atoms with Gasteiger partial charge in [0.15, 0.2) is 0 Å². The average Bonchev–Trinajstić information content (AvgIpc) is 1.88. The van der Waals surface area contributed by atoms with Gasteiger partial charge in [0.05, 0.1) is 12.1 Å². The van der Waals surface area contributed by atoms with Crippen LogP contribution < -0.4 is 5.32 Å². The number of piperazine rings is 1. The zero-order valence-electron chi connectivity index (χ0n) is 6.72. The smallest absolute Gasteiger partial charge is 0.0623 e. The van der Waals surface area contributed by atoms with Gasteiger partial charge in [-0.1, -0.05) is 0 Å². The van der Waals surface area contributed by atoms with Gasteiger partial charge in [0, 0.05) is 19.6 Å². The maximum atomic E-state index is 8.98. The van der Waals surface area contributed by atoms with Crippen LogP contribution in [-0.2, 0) is 0 Å². The van der Waals surface area contributed by atoms with Gasteiger partial charge < -0.3 is 15.3 Å². The summed E-state index contributed by atoms with van der Waals surface area (Å²) in [7, 11) is 2.08. The largest absolute Gasteiger partial charge is 0.394 e. The van der Waals surface area contributed by atoms with Crippen LogP contribution in [0.1, 0.15) is 6.92 Å². The zero-order chi connectivity index (χ0) is 7.61. The van der Waals surface area contributed by atoms with Gasteiger partial charge in [-0.25, -0.2) is 0 Å². The number of hydrogen-bond donors (Lipinski definition) is 2. The van der Waals surface area contributed by atoms with Crippen molar-refractivity contribution in [1.82, 2.24) is 10.2 Å². The standard InChI is InChI=1S/C7H16N2O/c1-7(6-10)5-9(2)4-3-8-7/h8,10H,3-6H2,1-2H3/t7-/m0/s1. The molecule has 2 N–H and O–H groups in total. The van der Waals surface area contributed by atoms with Gasteiger partial charge in [-0.2, -0.15) is 0 Å². The second-order valence-electron chi connectivity index (χ2n) is 3.38. The molecule has 0 aromatic carbocycles. The van der Waals surface area contributed by atoms with Gasteiger partial charge in [-0.3, -0.25) is 0 Å². The number of nitrogens with zero attached hydrogens (tertiary/aromatic N) is 1. The van der Waals surface area contributed by atoms with Crippen molar-refractivity contribution in [2.45, 2.75) is 12.5 Å². The Hall–Kier alpha value is -0.120. The van der Waals surface area contributed by atoms with Crippen LogP contribution >= 0.6 is 0 Å². The van der Waals surface area contributed by atoms with Crippen LogP contribution in [0.15, 0.2) is 0 Å². The maximum Gasteiger partial charge on any atom is 0.0623 e.